The molecule has 3 rings (SSSR count). The van der Waals surface area contributed by atoms with Crippen LogP contribution in [0.25, 0.3) is 0 Å². The Kier molecular flexibility index (Phi) is 6.15. The van der Waals surface area contributed by atoms with Gasteiger partial charge in [-0.3, -0.25) is 4.79 Å². The van der Waals surface area contributed by atoms with E-state index in [0.717, 1.165) is 22.2 Å². The number of halogens is 4. The molecule has 1 atom stereocenters. The lowest BCUT2D eigenvalue weighted by Gasteiger charge is -2.37. The molecular weight excluding hydrogens is 435 g/mol. The summed E-state index contributed by atoms with van der Waals surface area (Å²) in [4.78, 5) is 13.3. The first-order valence-corrected chi connectivity index (χ1v) is 9.84. The lowest BCUT2D eigenvalue weighted by molar-refractivity contribution is -0.138. The average Bonchev–Trinajstić information content (AvgIpc) is 2.68. The van der Waals surface area contributed by atoms with Gasteiger partial charge < -0.3 is 10.1 Å². The zero-order chi connectivity index (χ0) is 20.4. The first-order valence-electron chi connectivity index (χ1n) is 9.05. The van der Waals surface area contributed by atoms with Gasteiger partial charge in [0, 0.05) is 17.7 Å². The lowest BCUT2D eigenvalue weighted by Crippen LogP contribution is -2.48. The number of alkyl halides is 3. The molecule has 1 fully saturated rings. The first kappa shape index (κ1) is 20.9. The van der Waals surface area contributed by atoms with Crippen LogP contribution in [0.1, 0.15) is 42.5 Å². The third-order valence-corrected chi connectivity index (χ3v) is 5.96. The molecule has 1 N–H and O–H groups in total. The number of ether oxygens (including phenoxy) is 1. The fraction of sp³-hybridized carbons (Fsp3) is 0.381. The molecule has 0 aliphatic carbocycles. The minimum Gasteiger partial charge on any atom is -0.381 e. The second kappa shape index (κ2) is 8.25. The Bertz CT molecular complexity index is 848. The van der Waals surface area contributed by atoms with Crippen molar-refractivity contribution in [3.8, 4) is 0 Å². The molecule has 150 valence electrons. The van der Waals surface area contributed by atoms with Crippen molar-refractivity contribution in [2.75, 3.05) is 13.2 Å². The molecule has 0 aromatic heterocycles. The van der Waals surface area contributed by atoms with Crippen LogP contribution in [0.5, 0.6) is 0 Å². The SMILES string of the molecule is CC(NC(=O)C1(c2cccc(C(F)(F)F)c2)CCOCC1)c1ccccc1Br. The van der Waals surface area contributed by atoms with Gasteiger partial charge in [0.2, 0.25) is 5.91 Å². The minimum atomic E-state index is -4.46. The number of rotatable bonds is 4. The highest BCUT2D eigenvalue weighted by atomic mass is 79.9. The molecule has 0 saturated carbocycles. The highest BCUT2D eigenvalue weighted by molar-refractivity contribution is 9.10. The van der Waals surface area contributed by atoms with Crippen molar-refractivity contribution in [2.45, 2.75) is 37.4 Å². The summed E-state index contributed by atoms with van der Waals surface area (Å²) in [6.07, 6.45) is -3.79. The third-order valence-electron chi connectivity index (χ3n) is 5.24. The van der Waals surface area contributed by atoms with Gasteiger partial charge in [0.1, 0.15) is 0 Å². The molecule has 1 aliphatic rings. The van der Waals surface area contributed by atoms with E-state index in [2.05, 4.69) is 21.2 Å². The van der Waals surface area contributed by atoms with Crippen LogP contribution in [0.15, 0.2) is 53.0 Å². The van der Waals surface area contributed by atoms with E-state index in [-0.39, 0.29) is 11.9 Å². The van der Waals surface area contributed by atoms with Gasteiger partial charge in [0.05, 0.1) is 17.0 Å². The molecule has 2 aromatic rings. The molecule has 1 saturated heterocycles. The Morgan fingerprint density at radius 3 is 2.46 bits per heavy atom. The lowest BCUT2D eigenvalue weighted by atomic mass is 9.72. The number of benzene rings is 2. The smallest absolute Gasteiger partial charge is 0.381 e. The van der Waals surface area contributed by atoms with Crippen molar-refractivity contribution >= 4 is 21.8 Å². The van der Waals surface area contributed by atoms with Crippen LogP contribution in [0, 0.1) is 0 Å². The van der Waals surface area contributed by atoms with E-state index in [4.69, 9.17) is 4.74 Å². The van der Waals surface area contributed by atoms with Crippen LogP contribution in [-0.2, 0) is 21.1 Å². The zero-order valence-electron chi connectivity index (χ0n) is 15.4. The molecule has 0 radical (unpaired) electrons. The number of hydrogen-bond acceptors (Lipinski definition) is 2. The molecule has 2 aromatic carbocycles. The maximum atomic E-state index is 13.3. The van der Waals surface area contributed by atoms with Gasteiger partial charge in [-0.15, -0.1) is 0 Å². The predicted octanol–water partition coefficient (Wildman–Crippen LogP) is 5.39. The number of carbonyl (C=O) groups is 1. The molecule has 3 nitrogen and oxygen atoms in total. The quantitative estimate of drug-likeness (QED) is 0.670. The van der Waals surface area contributed by atoms with E-state index in [9.17, 15) is 18.0 Å². The highest BCUT2D eigenvalue weighted by Crippen LogP contribution is 2.39. The first-order chi connectivity index (χ1) is 13.2. The predicted molar refractivity (Wildman–Crippen MR) is 104 cm³/mol. The van der Waals surface area contributed by atoms with Crippen molar-refractivity contribution in [3.63, 3.8) is 0 Å². The van der Waals surface area contributed by atoms with Crippen LogP contribution in [-0.4, -0.2) is 19.1 Å². The summed E-state index contributed by atoms with van der Waals surface area (Å²) >= 11 is 3.48. The van der Waals surface area contributed by atoms with Gasteiger partial charge in [-0.05, 0) is 43.0 Å². The van der Waals surface area contributed by atoms with Gasteiger partial charge in [0.15, 0.2) is 0 Å². The normalized spacial score (nSPS) is 17.8. The summed E-state index contributed by atoms with van der Waals surface area (Å²) in [7, 11) is 0. The summed E-state index contributed by atoms with van der Waals surface area (Å²) in [5.74, 6) is -0.279. The van der Waals surface area contributed by atoms with Crippen LogP contribution in [0.3, 0.4) is 0 Å². The molecule has 1 amide bonds. The fourth-order valence-corrected chi connectivity index (χ4v) is 4.23. The van der Waals surface area contributed by atoms with Gasteiger partial charge in [-0.25, -0.2) is 0 Å². The topological polar surface area (TPSA) is 38.3 Å². The van der Waals surface area contributed by atoms with Crippen molar-refractivity contribution in [3.05, 3.63) is 69.7 Å². The van der Waals surface area contributed by atoms with Crippen LogP contribution >= 0.6 is 15.9 Å². The second-order valence-electron chi connectivity index (χ2n) is 6.99. The van der Waals surface area contributed by atoms with E-state index in [1.165, 1.54) is 6.07 Å². The van der Waals surface area contributed by atoms with Crippen molar-refractivity contribution in [2.24, 2.45) is 0 Å². The molecule has 0 bridgehead atoms. The Morgan fingerprint density at radius 1 is 1.14 bits per heavy atom. The largest absolute Gasteiger partial charge is 0.416 e. The Labute approximate surface area is 170 Å². The number of carbonyl (C=O) groups excluding carboxylic acids is 1. The summed E-state index contributed by atoms with van der Waals surface area (Å²) in [6.45, 7) is 2.51. The fourth-order valence-electron chi connectivity index (χ4n) is 3.60. The van der Waals surface area contributed by atoms with E-state index in [1.807, 2.05) is 31.2 Å². The van der Waals surface area contributed by atoms with Crippen LogP contribution in [0.2, 0.25) is 0 Å². The maximum Gasteiger partial charge on any atom is 0.416 e. The van der Waals surface area contributed by atoms with Crippen LogP contribution < -0.4 is 5.32 Å². The second-order valence-corrected chi connectivity index (χ2v) is 7.84. The van der Waals surface area contributed by atoms with E-state index in [1.54, 1.807) is 6.07 Å². The minimum absolute atomic E-state index is 0.279. The summed E-state index contributed by atoms with van der Waals surface area (Å²) in [5.41, 5.74) is -0.512. The van der Waals surface area contributed by atoms with Gasteiger partial charge >= 0.3 is 6.18 Å². The van der Waals surface area contributed by atoms with Crippen molar-refractivity contribution < 1.29 is 22.7 Å². The molecule has 1 heterocycles. The van der Waals surface area contributed by atoms with E-state index >= 15 is 0 Å². The molecule has 0 spiro atoms. The Hall–Kier alpha value is -1.86. The van der Waals surface area contributed by atoms with Gasteiger partial charge in [-0.1, -0.05) is 52.3 Å². The summed E-state index contributed by atoms with van der Waals surface area (Å²) < 4.78 is 45.9. The van der Waals surface area contributed by atoms with Crippen molar-refractivity contribution in [1.82, 2.24) is 5.32 Å². The molecule has 7 heteroatoms. The van der Waals surface area contributed by atoms with Crippen LogP contribution in [0.4, 0.5) is 13.2 Å². The van der Waals surface area contributed by atoms with E-state index in [0.29, 0.717) is 31.6 Å². The molecule has 28 heavy (non-hydrogen) atoms. The Morgan fingerprint density at radius 2 is 1.82 bits per heavy atom. The molecule has 1 unspecified atom stereocenters. The monoisotopic (exact) mass is 455 g/mol. The zero-order valence-corrected chi connectivity index (χ0v) is 16.9. The standard InChI is InChI=1S/C21H21BrF3NO2/c1-14(17-7-2-3-8-18(17)22)26-19(27)20(9-11-28-12-10-20)15-5-4-6-16(13-15)21(23,24)25/h2-8,13-14H,9-12H2,1H3,(H,26,27). The number of hydrogen-bond donors (Lipinski definition) is 1. The van der Waals surface area contributed by atoms with Gasteiger partial charge in [-0.2, -0.15) is 13.2 Å². The average molecular weight is 456 g/mol. The van der Waals surface area contributed by atoms with Crippen molar-refractivity contribution in [1.29, 1.82) is 0 Å². The third kappa shape index (κ3) is 4.25. The molecule has 1 aliphatic heterocycles. The summed E-state index contributed by atoms with van der Waals surface area (Å²) in [6, 6.07) is 12.3. The van der Waals surface area contributed by atoms with Gasteiger partial charge in [0.25, 0.3) is 0 Å². The maximum absolute atomic E-state index is 13.3. The summed E-state index contributed by atoms with van der Waals surface area (Å²) in [5, 5.41) is 3.00. The highest BCUT2D eigenvalue weighted by Gasteiger charge is 2.43. The Balaban J connectivity index is 1.93. The number of nitrogens with one attached hydrogen (secondary N) is 1. The molecular formula is C21H21BrF3NO2. The number of amides is 1. The van der Waals surface area contributed by atoms with E-state index < -0.39 is 17.2 Å².